The predicted molar refractivity (Wildman–Crippen MR) is 150 cm³/mol. The van der Waals surface area contributed by atoms with E-state index in [0.29, 0.717) is 39.1 Å². The largest absolute Gasteiger partial charge is 0.396 e. The van der Waals surface area contributed by atoms with Gasteiger partial charge in [-0.15, -0.1) is 24.9 Å². The number of amides is 3. The number of nitrogens with zero attached hydrogens (tertiary/aromatic N) is 3. The van der Waals surface area contributed by atoms with Crippen molar-refractivity contribution in [2.45, 2.75) is 81.8 Å². The van der Waals surface area contributed by atoms with Crippen LogP contribution in [0.25, 0.3) is 0 Å². The van der Waals surface area contributed by atoms with Crippen LogP contribution in [-0.4, -0.2) is 92.9 Å². The summed E-state index contributed by atoms with van der Waals surface area (Å²) in [6.45, 7) is 16.8. The number of carbonyl (C=O) groups is 3. The summed E-state index contributed by atoms with van der Waals surface area (Å²) >= 11 is 1.75. The fourth-order valence-electron chi connectivity index (χ4n) is 6.79. The highest BCUT2D eigenvalue weighted by molar-refractivity contribution is 8.02. The summed E-state index contributed by atoms with van der Waals surface area (Å²) in [7, 11) is 0. The van der Waals surface area contributed by atoms with Gasteiger partial charge in [-0.25, -0.2) is 0 Å². The summed E-state index contributed by atoms with van der Waals surface area (Å²) in [4.78, 5) is 48.0. The van der Waals surface area contributed by atoms with Gasteiger partial charge in [-0.2, -0.15) is 0 Å². The van der Waals surface area contributed by atoms with E-state index in [1.807, 2.05) is 14.7 Å². The number of hydrogen-bond donors (Lipinski definition) is 1. The van der Waals surface area contributed by atoms with Crippen molar-refractivity contribution in [2.75, 3.05) is 39.3 Å². The molecule has 3 fully saturated rings. The number of fused-ring (bicyclic) bond motifs is 1. The van der Waals surface area contributed by atoms with Gasteiger partial charge in [0.25, 0.3) is 0 Å². The van der Waals surface area contributed by atoms with Crippen LogP contribution in [0.5, 0.6) is 0 Å². The molecule has 0 aromatic rings. The number of carbonyl (C=O) groups excluding carboxylic acids is 3. The Morgan fingerprint density at radius 2 is 1.73 bits per heavy atom. The van der Waals surface area contributed by atoms with E-state index < -0.39 is 22.6 Å². The molecule has 3 unspecified atom stereocenters. The predicted octanol–water partition coefficient (Wildman–Crippen LogP) is 3.73. The highest BCUT2D eigenvalue weighted by Crippen LogP contribution is 2.68. The van der Waals surface area contributed by atoms with Gasteiger partial charge in [0.15, 0.2) is 0 Å². The van der Waals surface area contributed by atoms with Crippen molar-refractivity contribution in [3.63, 3.8) is 0 Å². The first-order chi connectivity index (χ1) is 17.8. The number of aliphatic hydroxyl groups is 1. The van der Waals surface area contributed by atoms with E-state index in [2.05, 4.69) is 33.9 Å². The van der Waals surface area contributed by atoms with E-state index in [1.165, 1.54) is 0 Å². The maximum atomic E-state index is 14.3. The number of unbranched alkanes of at least 4 members (excludes halogenated alkanes) is 3. The summed E-state index contributed by atoms with van der Waals surface area (Å²) in [6.07, 6.45) is 9.28. The second-order valence-electron chi connectivity index (χ2n) is 10.9. The summed E-state index contributed by atoms with van der Waals surface area (Å²) in [6, 6.07) is -0.572. The van der Waals surface area contributed by atoms with Crippen molar-refractivity contribution in [2.24, 2.45) is 17.8 Å². The lowest BCUT2D eigenvalue weighted by atomic mass is 9.65. The third kappa shape index (κ3) is 5.51. The Bertz CT molecular complexity index is 851. The summed E-state index contributed by atoms with van der Waals surface area (Å²) in [5, 5.41) is 9.30. The van der Waals surface area contributed by atoms with Crippen LogP contribution in [0.1, 0.15) is 65.7 Å². The topological polar surface area (TPSA) is 81.2 Å². The lowest BCUT2D eigenvalue weighted by Gasteiger charge is -2.41. The quantitative estimate of drug-likeness (QED) is 0.242. The molecule has 0 aromatic carbocycles. The van der Waals surface area contributed by atoms with Crippen molar-refractivity contribution in [1.29, 1.82) is 0 Å². The van der Waals surface area contributed by atoms with Gasteiger partial charge in [0.1, 0.15) is 6.04 Å². The van der Waals surface area contributed by atoms with Crippen LogP contribution in [0.4, 0.5) is 0 Å². The molecule has 1 N–H and O–H groups in total. The lowest BCUT2D eigenvalue weighted by molar-refractivity contribution is -0.144. The van der Waals surface area contributed by atoms with Gasteiger partial charge < -0.3 is 19.8 Å². The molecular formula is C29H47N3O4S. The number of likely N-dealkylation sites (tertiary alicyclic amines) is 1. The first-order valence-electron chi connectivity index (χ1n) is 14.2. The molecule has 0 aromatic heterocycles. The highest BCUT2D eigenvalue weighted by Gasteiger charge is 2.76. The molecule has 0 radical (unpaired) electrons. The molecule has 8 heteroatoms. The van der Waals surface area contributed by atoms with Crippen molar-refractivity contribution >= 4 is 29.5 Å². The summed E-state index contributed by atoms with van der Waals surface area (Å²) < 4.78 is -0.589. The fourth-order valence-corrected chi connectivity index (χ4v) is 9.20. The molecule has 3 heterocycles. The molecule has 3 aliphatic rings. The van der Waals surface area contributed by atoms with Crippen LogP contribution in [0.3, 0.4) is 0 Å². The normalized spacial score (nSPS) is 29.9. The third-order valence-electron chi connectivity index (χ3n) is 8.42. The molecule has 3 aliphatic heterocycles. The van der Waals surface area contributed by atoms with E-state index in [-0.39, 0.29) is 35.5 Å². The van der Waals surface area contributed by atoms with E-state index in [0.717, 1.165) is 38.5 Å². The highest BCUT2D eigenvalue weighted by atomic mass is 32.2. The van der Waals surface area contributed by atoms with Crippen LogP contribution in [0, 0.1) is 17.8 Å². The summed E-state index contributed by atoms with van der Waals surface area (Å²) in [5.41, 5.74) is 0. The molecule has 0 saturated carbocycles. The zero-order valence-electron chi connectivity index (χ0n) is 23.1. The van der Waals surface area contributed by atoms with E-state index in [9.17, 15) is 19.5 Å². The number of rotatable bonds is 16. The number of hydrogen-bond acceptors (Lipinski definition) is 5. The molecule has 1 spiro atoms. The second-order valence-corrected chi connectivity index (χ2v) is 12.4. The van der Waals surface area contributed by atoms with Gasteiger partial charge in [-0.05, 0) is 44.4 Å². The van der Waals surface area contributed by atoms with Gasteiger partial charge in [-0.1, -0.05) is 39.3 Å². The van der Waals surface area contributed by atoms with Crippen LogP contribution >= 0.6 is 11.8 Å². The second kappa shape index (κ2) is 13.3. The molecular weight excluding hydrogens is 486 g/mol. The van der Waals surface area contributed by atoms with Gasteiger partial charge in [0.05, 0.1) is 16.6 Å². The monoisotopic (exact) mass is 533 g/mol. The zero-order chi connectivity index (χ0) is 27.2. The van der Waals surface area contributed by atoms with Crippen molar-refractivity contribution in [3.05, 3.63) is 25.3 Å². The van der Waals surface area contributed by atoms with Gasteiger partial charge in [0, 0.05) is 44.6 Å². The van der Waals surface area contributed by atoms with Crippen molar-refractivity contribution in [1.82, 2.24) is 14.7 Å². The number of aliphatic hydroxyl groups excluding tert-OH is 1. The SMILES string of the molecule is C=CCN(CCCC)C(=O)C1N(CCCCCO)C(=O)[C@@H]2[C@@H](C(=O)N(CC=C)CCC)[C@H]3CC(C)C12S3. The Balaban J connectivity index is 2.02. The molecule has 3 rings (SSSR count). The average molecular weight is 534 g/mol. The minimum atomic E-state index is -0.589. The minimum absolute atomic E-state index is 0.00374. The molecule has 6 atom stereocenters. The van der Waals surface area contributed by atoms with Gasteiger partial charge in [-0.3, -0.25) is 14.4 Å². The van der Waals surface area contributed by atoms with Crippen LogP contribution in [-0.2, 0) is 14.4 Å². The van der Waals surface area contributed by atoms with Crippen molar-refractivity contribution in [3.8, 4) is 0 Å². The first-order valence-corrected chi connectivity index (χ1v) is 15.1. The molecule has 3 amide bonds. The molecule has 0 aliphatic carbocycles. The van der Waals surface area contributed by atoms with E-state index >= 15 is 0 Å². The van der Waals surface area contributed by atoms with Crippen LogP contribution < -0.4 is 0 Å². The number of thioether (sulfide) groups is 1. The molecule has 208 valence electrons. The maximum absolute atomic E-state index is 14.3. The Morgan fingerprint density at radius 1 is 1.05 bits per heavy atom. The fraction of sp³-hybridized carbons (Fsp3) is 0.759. The summed E-state index contributed by atoms with van der Waals surface area (Å²) in [5.74, 6) is -0.725. The zero-order valence-corrected chi connectivity index (χ0v) is 23.9. The van der Waals surface area contributed by atoms with E-state index in [1.54, 1.807) is 23.9 Å². The van der Waals surface area contributed by atoms with Gasteiger partial charge in [0.2, 0.25) is 17.7 Å². The first kappa shape index (κ1) is 29.8. The molecule has 3 saturated heterocycles. The smallest absolute Gasteiger partial charge is 0.247 e. The van der Waals surface area contributed by atoms with Gasteiger partial charge >= 0.3 is 0 Å². The third-order valence-corrected chi connectivity index (χ3v) is 10.5. The van der Waals surface area contributed by atoms with Crippen molar-refractivity contribution < 1.29 is 19.5 Å². The standard InChI is InChI=1S/C29H47N3O4S/c1-6-10-17-31(16-9-4)28(36)25-29-21(5)20-22(37-29)23(26(34)30(14-7-2)15-8-3)24(29)27(35)32(25)18-12-11-13-19-33/h7,9,21-25,33H,2,4,6,8,10-20H2,1,3,5H3/t21?,22-,23+,24+,25?,29?/m1/s1. The van der Waals surface area contributed by atoms with E-state index in [4.69, 9.17) is 0 Å². The minimum Gasteiger partial charge on any atom is -0.396 e. The maximum Gasteiger partial charge on any atom is 0.247 e. The Hall–Kier alpha value is -1.80. The average Bonchev–Trinajstić information content (AvgIpc) is 3.47. The van der Waals surface area contributed by atoms with Crippen LogP contribution in [0.2, 0.25) is 0 Å². The molecule has 37 heavy (non-hydrogen) atoms. The molecule has 2 bridgehead atoms. The molecule has 7 nitrogen and oxygen atoms in total. The van der Waals surface area contributed by atoms with Crippen LogP contribution in [0.15, 0.2) is 25.3 Å². The Kier molecular flexibility index (Phi) is 10.7. The Morgan fingerprint density at radius 3 is 2.32 bits per heavy atom. The Labute approximate surface area is 227 Å². The lowest BCUT2D eigenvalue weighted by Crippen LogP contribution is -2.57.